The molecule has 1 saturated heterocycles. The second-order valence-corrected chi connectivity index (χ2v) is 6.64. The highest BCUT2D eigenvalue weighted by molar-refractivity contribution is 6.08. The normalized spacial score (nSPS) is 18.3. The molecule has 10 nitrogen and oxygen atoms in total. The van der Waals surface area contributed by atoms with E-state index in [-0.39, 0.29) is 5.69 Å². The van der Waals surface area contributed by atoms with Crippen LogP contribution >= 0.6 is 0 Å². The van der Waals surface area contributed by atoms with Gasteiger partial charge in [0.05, 0.1) is 4.92 Å². The first-order valence-electron chi connectivity index (χ1n) is 8.61. The molecule has 150 valence electrons. The molecule has 1 aliphatic rings. The molecule has 1 aliphatic heterocycles. The predicted octanol–water partition coefficient (Wildman–Crippen LogP) is 1.78. The van der Waals surface area contributed by atoms with Crippen LogP contribution in [0.5, 0.6) is 5.75 Å². The summed E-state index contributed by atoms with van der Waals surface area (Å²) in [5.74, 6) is -0.934. The molecule has 0 aliphatic carbocycles. The van der Waals surface area contributed by atoms with Crippen molar-refractivity contribution in [1.82, 2.24) is 15.8 Å². The molecule has 1 heterocycles. The number of aryl methyl sites for hydroxylation is 1. The number of imide groups is 1. The Morgan fingerprint density at radius 3 is 2.55 bits per heavy atom. The van der Waals surface area contributed by atoms with E-state index in [1.807, 2.05) is 13.0 Å². The minimum Gasteiger partial charge on any atom is -0.484 e. The summed E-state index contributed by atoms with van der Waals surface area (Å²) in [6.07, 6.45) is 0. The number of urea groups is 1. The number of amides is 4. The van der Waals surface area contributed by atoms with Gasteiger partial charge in [-0.15, -0.1) is 0 Å². The molecule has 29 heavy (non-hydrogen) atoms. The van der Waals surface area contributed by atoms with E-state index < -0.39 is 34.9 Å². The number of hydrazine groups is 1. The quantitative estimate of drug-likeness (QED) is 0.433. The summed E-state index contributed by atoms with van der Waals surface area (Å²) in [5.41, 5.74) is 1.89. The molecule has 1 atom stereocenters. The average molecular weight is 398 g/mol. The highest BCUT2D eigenvalue weighted by Gasteiger charge is 2.50. The molecule has 0 radical (unpaired) electrons. The van der Waals surface area contributed by atoms with Crippen LogP contribution in [0, 0.1) is 17.0 Å². The Hall–Kier alpha value is -3.95. The standard InChI is InChI=1S/C19H18N4O6/c1-12-4-3-5-15(10-12)29-11-16(24)21-22-17(25)19(2,20-18(22)26)13-6-8-14(9-7-13)23(27)28/h3-10H,11H2,1-2H3,(H,20,26)(H,21,24)/t19-/m0/s1. The number of hydrogen-bond donors (Lipinski definition) is 2. The van der Waals surface area contributed by atoms with Crippen LogP contribution in [0.3, 0.4) is 0 Å². The third kappa shape index (κ3) is 4.00. The van der Waals surface area contributed by atoms with E-state index in [0.29, 0.717) is 16.3 Å². The topological polar surface area (TPSA) is 131 Å². The minimum absolute atomic E-state index is 0.146. The number of nitrogens with zero attached hydrogens (tertiary/aromatic N) is 2. The van der Waals surface area contributed by atoms with Crippen LogP contribution in [-0.4, -0.2) is 34.4 Å². The molecule has 2 aromatic carbocycles. The Balaban J connectivity index is 1.68. The maximum atomic E-state index is 12.8. The van der Waals surface area contributed by atoms with E-state index in [4.69, 9.17) is 4.74 Å². The first-order valence-corrected chi connectivity index (χ1v) is 8.61. The zero-order valence-corrected chi connectivity index (χ0v) is 15.7. The monoisotopic (exact) mass is 398 g/mol. The number of non-ortho nitro benzene ring substituents is 1. The summed E-state index contributed by atoms with van der Waals surface area (Å²) in [4.78, 5) is 47.3. The van der Waals surface area contributed by atoms with Crippen molar-refractivity contribution >= 4 is 23.5 Å². The summed E-state index contributed by atoms with van der Waals surface area (Å²) < 4.78 is 5.36. The average Bonchev–Trinajstić information content (AvgIpc) is 2.90. The fourth-order valence-electron chi connectivity index (χ4n) is 2.86. The van der Waals surface area contributed by atoms with Crippen LogP contribution in [0.15, 0.2) is 48.5 Å². The smallest absolute Gasteiger partial charge is 0.344 e. The highest BCUT2D eigenvalue weighted by Crippen LogP contribution is 2.29. The molecule has 0 spiro atoms. The van der Waals surface area contributed by atoms with Crippen LogP contribution in [0.1, 0.15) is 18.1 Å². The van der Waals surface area contributed by atoms with Gasteiger partial charge in [0.2, 0.25) is 0 Å². The van der Waals surface area contributed by atoms with Gasteiger partial charge < -0.3 is 10.1 Å². The number of ether oxygens (including phenoxy) is 1. The summed E-state index contributed by atoms with van der Waals surface area (Å²) in [7, 11) is 0. The van der Waals surface area contributed by atoms with Gasteiger partial charge in [-0.25, -0.2) is 4.79 Å². The van der Waals surface area contributed by atoms with E-state index in [1.54, 1.807) is 18.2 Å². The fraction of sp³-hybridized carbons (Fsp3) is 0.211. The number of nitro groups is 1. The van der Waals surface area contributed by atoms with E-state index in [9.17, 15) is 24.5 Å². The van der Waals surface area contributed by atoms with Gasteiger partial charge in [0.1, 0.15) is 11.3 Å². The molecule has 4 amide bonds. The molecule has 2 aromatic rings. The van der Waals surface area contributed by atoms with Gasteiger partial charge in [0, 0.05) is 12.1 Å². The number of benzene rings is 2. The second kappa shape index (κ2) is 7.58. The van der Waals surface area contributed by atoms with Crippen molar-refractivity contribution in [3.05, 3.63) is 69.8 Å². The van der Waals surface area contributed by atoms with Crippen LogP contribution in [0.25, 0.3) is 0 Å². The number of nitrogens with one attached hydrogen (secondary N) is 2. The summed E-state index contributed by atoms with van der Waals surface area (Å²) in [6.45, 7) is 2.93. The lowest BCUT2D eigenvalue weighted by atomic mass is 9.92. The maximum absolute atomic E-state index is 12.8. The fourth-order valence-corrected chi connectivity index (χ4v) is 2.86. The lowest BCUT2D eigenvalue weighted by molar-refractivity contribution is -0.384. The van der Waals surface area contributed by atoms with Crippen LogP contribution in [0.2, 0.25) is 0 Å². The van der Waals surface area contributed by atoms with Gasteiger partial charge in [-0.1, -0.05) is 12.1 Å². The van der Waals surface area contributed by atoms with Crippen molar-refractivity contribution < 1.29 is 24.0 Å². The third-order valence-electron chi connectivity index (χ3n) is 4.44. The number of hydrogen-bond acceptors (Lipinski definition) is 6. The molecule has 0 bridgehead atoms. The van der Waals surface area contributed by atoms with Gasteiger partial charge in [-0.3, -0.25) is 25.1 Å². The number of carbonyl (C=O) groups excluding carboxylic acids is 3. The lowest BCUT2D eigenvalue weighted by Crippen LogP contribution is -2.49. The van der Waals surface area contributed by atoms with E-state index >= 15 is 0 Å². The number of rotatable bonds is 6. The predicted molar refractivity (Wildman–Crippen MR) is 101 cm³/mol. The molecule has 3 rings (SSSR count). The Morgan fingerprint density at radius 2 is 1.93 bits per heavy atom. The molecular weight excluding hydrogens is 380 g/mol. The van der Waals surface area contributed by atoms with Crippen molar-refractivity contribution in [2.75, 3.05) is 6.61 Å². The Labute approximate surface area is 165 Å². The van der Waals surface area contributed by atoms with Crippen molar-refractivity contribution in [3.63, 3.8) is 0 Å². The zero-order valence-electron chi connectivity index (χ0n) is 15.7. The molecule has 2 N–H and O–H groups in total. The zero-order chi connectivity index (χ0) is 21.2. The molecule has 10 heteroatoms. The van der Waals surface area contributed by atoms with Gasteiger partial charge in [0.25, 0.3) is 17.5 Å². The van der Waals surface area contributed by atoms with Crippen molar-refractivity contribution in [2.45, 2.75) is 19.4 Å². The van der Waals surface area contributed by atoms with Gasteiger partial charge in [-0.05, 0) is 49.2 Å². The van der Waals surface area contributed by atoms with E-state index in [0.717, 1.165) is 5.56 Å². The molecule has 0 aromatic heterocycles. The molecular formula is C19H18N4O6. The van der Waals surface area contributed by atoms with Crippen LogP contribution in [0.4, 0.5) is 10.5 Å². The number of carbonyl (C=O) groups is 3. The second-order valence-electron chi connectivity index (χ2n) is 6.64. The summed E-state index contributed by atoms with van der Waals surface area (Å²) in [5, 5.41) is 13.9. The van der Waals surface area contributed by atoms with E-state index in [1.165, 1.54) is 31.2 Å². The van der Waals surface area contributed by atoms with Gasteiger partial charge in [-0.2, -0.15) is 5.01 Å². The van der Waals surface area contributed by atoms with Crippen molar-refractivity contribution in [3.8, 4) is 5.75 Å². The maximum Gasteiger partial charge on any atom is 0.344 e. The van der Waals surface area contributed by atoms with Gasteiger partial charge >= 0.3 is 6.03 Å². The Morgan fingerprint density at radius 1 is 1.24 bits per heavy atom. The first-order chi connectivity index (χ1) is 13.7. The molecule has 0 unspecified atom stereocenters. The third-order valence-corrected chi connectivity index (χ3v) is 4.44. The van der Waals surface area contributed by atoms with Crippen molar-refractivity contribution in [1.29, 1.82) is 0 Å². The largest absolute Gasteiger partial charge is 0.484 e. The van der Waals surface area contributed by atoms with Crippen LogP contribution in [-0.2, 0) is 15.1 Å². The highest BCUT2D eigenvalue weighted by atomic mass is 16.6. The Kier molecular flexibility index (Phi) is 5.18. The summed E-state index contributed by atoms with van der Waals surface area (Å²) >= 11 is 0. The van der Waals surface area contributed by atoms with Gasteiger partial charge in [0.15, 0.2) is 6.61 Å². The minimum atomic E-state index is -1.48. The Bertz CT molecular complexity index is 990. The number of nitro benzene ring substituents is 1. The van der Waals surface area contributed by atoms with Crippen molar-refractivity contribution in [2.24, 2.45) is 0 Å². The van der Waals surface area contributed by atoms with E-state index in [2.05, 4.69) is 10.7 Å². The molecule has 1 fully saturated rings. The van der Waals surface area contributed by atoms with Crippen LogP contribution < -0.4 is 15.5 Å². The molecule has 0 saturated carbocycles. The lowest BCUT2D eigenvalue weighted by Gasteiger charge is -2.22. The summed E-state index contributed by atoms with van der Waals surface area (Å²) in [6, 6.07) is 11.5. The first kappa shape index (κ1) is 19.8. The SMILES string of the molecule is Cc1cccc(OCC(=O)NN2C(=O)N[C@@](C)(c3ccc([N+](=O)[O-])cc3)C2=O)c1.